The Morgan fingerprint density at radius 3 is 1.61 bits per heavy atom. The normalized spacial score (nSPS) is 12.9. The Bertz CT molecular complexity index is 3210. The molecule has 1 aliphatic rings. The van der Waals surface area contributed by atoms with Crippen LogP contribution in [-0.4, -0.2) is 9.97 Å². The largest absolute Gasteiger partial charge is 0.228 e. The van der Waals surface area contributed by atoms with Gasteiger partial charge in [0.25, 0.3) is 0 Å². The first kappa shape index (κ1) is 33.2. The molecule has 0 aliphatic heterocycles. The second-order valence-electron chi connectivity index (χ2n) is 15.7. The number of benzene rings is 9. The number of aromatic nitrogens is 2. The highest BCUT2D eigenvalue weighted by Gasteiger charge is 2.38. The lowest BCUT2D eigenvalue weighted by atomic mass is 9.78. The zero-order valence-corrected chi connectivity index (χ0v) is 31.9. The molecule has 57 heavy (non-hydrogen) atoms. The molecule has 11 rings (SSSR count). The van der Waals surface area contributed by atoms with Gasteiger partial charge in [-0.2, -0.15) is 0 Å². The lowest BCUT2D eigenvalue weighted by Crippen LogP contribution is -2.16. The molecule has 2 heteroatoms. The van der Waals surface area contributed by atoms with Gasteiger partial charge < -0.3 is 0 Å². The third-order valence-corrected chi connectivity index (χ3v) is 12.1. The number of fused-ring (bicyclic) bond motifs is 6. The van der Waals surface area contributed by atoms with Crippen LogP contribution in [0.3, 0.4) is 0 Å². The Morgan fingerprint density at radius 2 is 0.842 bits per heavy atom. The van der Waals surface area contributed by atoms with Crippen LogP contribution in [0.2, 0.25) is 0 Å². The number of rotatable bonds is 5. The molecule has 268 valence electrons. The molecule has 0 N–H and O–H groups in total. The fourth-order valence-corrected chi connectivity index (χ4v) is 9.39. The Balaban J connectivity index is 1.13. The third-order valence-electron chi connectivity index (χ3n) is 12.1. The maximum Gasteiger partial charge on any atom is 0.161 e. The first-order valence-corrected chi connectivity index (χ1v) is 19.7. The van der Waals surface area contributed by atoms with Crippen molar-refractivity contribution in [2.45, 2.75) is 19.3 Å². The smallest absolute Gasteiger partial charge is 0.161 e. The number of hydrogen-bond acceptors (Lipinski definition) is 2. The van der Waals surface area contributed by atoms with E-state index in [-0.39, 0.29) is 5.41 Å². The highest BCUT2D eigenvalue weighted by molar-refractivity contribution is 6.07. The minimum absolute atomic E-state index is 0.179. The van der Waals surface area contributed by atoms with E-state index in [1.54, 1.807) is 0 Å². The molecule has 0 radical (unpaired) electrons. The summed E-state index contributed by atoms with van der Waals surface area (Å²) in [5.74, 6) is 0.707. The topological polar surface area (TPSA) is 25.8 Å². The van der Waals surface area contributed by atoms with Crippen molar-refractivity contribution in [3.8, 4) is 67.3 Å². The summed E-state index contributed by atoms with van der Waals surface area (Å²) in [5, 5.41) is 7.22. The third kappa shape index (κ3) is 5.33. The van der Waals surface area contributed by atoms with Crippen LogP contribution in [0, 0.1) is 0 Å². The molecule has 0 amide bonds. The Labute approximate surface area is 332 Å². The fourth-order valence-electron chi connectivity index (χ4n) is 9.39. The van der Waals surface area contributed by atoms with Gasteiger partial charge in [0.15, 0.2) is 5.82 Å². The molecule has 2 nitrogen and oxygen atoms in total. The molecule has 0 saturated carbocycles. The summed E-state index contributed by atoms with van der Waals surface area (Å²) in [6, 6.07) is 70.0. The zero-order chi connectivity index (χ0) is 38.1. The van der Waals surface area contributed by atoms with Gasteiger partial charge in [0.2, 0.25) is 0 Å². The van der Waals surface area contributed by atoms with Gasteiger partial charge in [0, 0.05) is 22.1 Å². The van der Waals surface area contributed by atoms with E-state index in [2.05, 4.69) is 208 Å². The van der Waals surface area contributed by atoms with Crippen molar-refractivity contribution in [3.05, 3.63) is 205 Å². The Hall–Kier alpha value is -7.16. The first-order chi connectivity index (χ1) is 28.0. The molecule has 0 saturated heterocycles. The molecular formula is C55H38N2. The van der Waals surface area contributed by atoms with Crippen molar-refractivity contribution in [2.24, 2.45) is 0 Å². The van der Waals surface area contributed by atoms with E-state index in [0.717, 1.165) is 44.6 Å². The van der Waals surface area contributed by atoms with E-state index in [1.165, 1.54) is 60.3 Å². The number of hydrogen-bond donors (Lipinski definition) is 0. The first-order valence-electron chi connectivity index (χ1n) is 19.7. The summed E-state index contributed by atoms with van der Waals surface area (Å²) in [7, 11) is 0. The highest BCUT2D eigenvalue weighted by atomic mass is 14.9. The summed E-state index contributed by atoms with van der Waals surface area (Å²) in [4.78, 5) is 10.9. The van der Waals surface area contributed by atoms with E-state index in [9.17, 15) is 0 Å². The van der Waals surface area contributed by atoms with E-state index in [0.29, 0.717) is 5.82 Å². The van der Waals surface area contributed by atoms with Crippen LogP contribution in [-0.2, 0) is 5.41 Å². The van der Waals surface area contributed by atoms with Crippen LogP contribution in [0.5, 0.6) is 0 Å². The van der Waals surface area contributed by atoms with Gasteiger partial charge in [0.1, 0.15) is 0 Å². The minimum Gasteiger partial charge on any atom is -0.228 e. The molecule has 0 bridgehead atoms. The molecular weight excluding hydrogens is 689 g/mol. The lowest BCUT2D eigenvalue weighted by Gasteiger charge is -2.25. The summed E-state index contributed by atoms with van der Waals surface area (Å²) < 4.78 is 0. The molecule has 9 aromatic carbocycles. The van der Waals surface area contributed by atoms with E-state index in [4.69, 9.17) is 9.97 Å². The molecule has 0 unspecified atom stereocenters. The van der Waals surface area contributed by atoms with E-state index >= 15 is 0 Å². The monoisotopic (exact) mass is 726 g/mol. The number of nitrogens with zero attached hydrogens (tertiary/aromatic N) is 2. The molecule has 0 spiro atoms. The quantitative estimate of drug-likeness (QED) is 0.176. The van der Waals surface area contributed by atoms with Crippen LogP contribution in [0.15, 0.2) is 194 Å². The van der Waals surface area contributed by atoms with Crippen LogP contribution in [0.25, 0.3) is 99.6 Å². The van der Waals surface area contributed by atoms with Crippen LogP contribution >= 0.6 is 0 Å². The van der Waals surface area contributed by atoms with Gasteiger partial charge in [-0.3, -0.25) is 0 Å². The molecule has 1 aliphatic carbocycles. The Kier molecular flexibility index (Phi) is 7.55. The summed E-state index contributed by atoms with van der Waals surface area (Å²) in [6.45, 7) is 4.77. The van der Waals surface area contributed by atoms with Gasteiger partial charge >= 0.3 is 0 Å². The van der Waals surface area contributed by atoms with Crippen molar-refractivity contribution in [1.82, 2.24) is 9.97 Å². The Morgan fingerprint density at radius 1 is 0.333 bits per heavy atom. The molecule has 0 atom stereocenters. The summed E-state index contributed by atoms with van der Waals surface area (Å²) >= 11 is 0. The van der Waals surface area contributed by atoms with Gasteiger partial charge in [-0.25, -0.2) is 9.97 Å². The molecule has 0 fully saturated rings. The second kappa shape index (κ2) is 13.0. The van der Waals surface area contributed by atoms with Crippen molar-refractivity contribution in [1.29, 1.82) is 0 Å². The standard InChI is InChI=1S/C55H38N2/c1-55(2)50-33-38-20-7-6-19-37(38)32-49(50)47-29-15-28-46(53(47)55)43-30-31-48(42-25-12-11-24-41(42)43)54-56-51(44-26-13-10-23-39(44)35-16-4-3-5-17-35)34-52(57-54)45-27-14-21-36-18-8-9-22-40(36)45/h3-34H,1-2H3. The predicted molar refractivity (Wildman–Crippen MR) is 239 cm³/mol. The van der Waals surface area contributed by atoms with E-state index in [1.807, 2.05) is 0 Å². The minimum atomic E-state index is -0.179. The highest BCUT2D eigenvalue weighted by Crippen LogP contribution is 2.54. The lowest BCUT2D eigenvalue weighted by molar-refractivity contribution is 0.663. The van der Waals surface area contributed by atoms with Crippen molar-refractivity contribution < 1.29 is 0 Å². The predicted octanol–water partition coefficient (Wildman–Crippen LogP) is 14.6. The summed E-state index contributed by atoms with van der Waals surface area (Å²) in [5.41, 5.74) is 15.0. The van der Waals surface area contributed by atoms with E-state index < -0.39 is 0 Å². The van der Waals surface area contributed by atoms with Gasteiger partial charge in [-0.1, -0.05) is 184 Å². The maximum absolute atomic E-state index is 5.44. The van der Waals surface area contributed by atoms with Crippen LogP contribution < -0.4 is 0 Å². The molecule has 10 aromatic rings. The van der Waals surface area contributed by atoms with Gasteiger partial charge in [0.05, 0.1) is 11.4 Å². The maximum atomic E-state index is 5.44. The summed E-state index contributed by atoms with van der Waals surface area (Å²) in [6.07, 6.45) is 0. The second-order valence-corrected chi connectivity index (χ2v) is 15.7. The fraction of sp³-hybridized carbons (Fsp3) is 0.0545. The van der Waals surface area contributed by atoms with Gasteiger partial charge in [-0.05, 0) is 101 Å². The average Bonchev–Trinajstić information content (AvgIpc) is 3.50. The molecule has 1 aromatic heterocycles. The van der Waals surface area contributed by atoms with Crippen molar-refractivity contribution >= 4 is 32.3 Å². The van der Waals surface area contributed by atoms with Crippen LogP contribution in [0.4, 0.5) is 0 Å². The SMILES string of the molecule is CC1(C)c2cc3ccccc3cc2-c2cccc(-c3ccc(-c4nc(-c5ccccc5-c5ccccc5)cc(-c5cccc6ccccc56)n4)c4ccccc34)c21. The average molecular weight is 727 g/mol. The van der Waals surface area contributed by atoms with Crippen LogP contribution in [0.1, 0.15) is 25.0 Å². The van der Waals surface area contributed by atoms with Gasteiger partial charge in [-0.15, -0.1) is 0 Å². The molecule has 1 heterocycles. The van der Waals surface area contributed by atoms with Crippen molar-refractivity contribution in [2.75, 3.05) is 0 Å². The zero-order valence-electron chi connectivity index (χ0n) is 31.9. The van der Waals surface area contributed by atoms with Crippen molar-refractivity contribution in [3.63, 3.8) is 0 Å².